The van der Waals surface area contributed by atoms with Crippen molar-refractivity contribution in [2.75, 3.05) is 25.6 Å². The van der Waals surface area contributed by atoms with Crippen molar-refractivity contribution in [2.45, 2.75) is 4.90 Å². The number of hydrogen-bond donors (Lipinski definition) is 0. The van der Waals surface area contributed by atoms with Gasteiger partial charge in [-0.2, -0.15) is 0 Å². The Balaban J connectivity index is 1.91. The normalized spacial score (nSPS) is 10.7. The highest BCUT2D eigenvalue weighted by atomic mass is 32.2. The molecular formula is C19H20N2O3S. The number of aromatic nitrogens is 1. The largest absolute Gasteiger partial charge is 0.497 e. The predicted molar refractivity (Wildman–Crippen MR) is 102 cm³/mol. The van der Waals surface area contributed by atoms with Gasteiger partial charge in [0.25, 0.3) is 0 Å². The van der Waals surface area contributed by atoms with Crippen LogP contribution in [0.1, 0.15) is 10.4 Å². The molecule has 3 rings (SSSR count). The first-order valence-electron chi connectivity index (χ1n) is 7.74. The Hall–Kier alpha value is -2.60. The van der Waals surface area contributed by atoms with E-state index in [1.165, 1.54) is 0 Å². The maximum absolute atomic E-state index is 11.3. The summed E-state index contributed by atoms with van der Waals surface area (Å²) in [7, 11) is 7.19. The Kier molecular flexibility index (Phi) is 4.90. The van der Waals surface area contributed by atoms with Gasteiger partial charge in [-0.15, -0.1) is 0 Å². The van der Waals surface area contributed by atoms with Crippen LogP contribution >= 0.6 is 11.9 Å². The molecule has 130 valence electrons. The minimum atomic E-state index is 0.700. The Morgan fingerprint density at radius 2 is 1.76 bits per heavy atom. The highest BCUT2D eigenvalue weighted by Gasteiger charge is 2.11. The summed E-state index contributed by atoms with van der Waals surface area (Å²) in [4.78, 5) is 12.3. The zero-order valence-electron chi connectivity index (χ0n) is 14.6. The lowest BCUT2D eigenvalue weighted by Crippen LogP contribution is -2.06. The van der Waals surface area contributed by atoms with Crippen molar-refractivity contribution in [3.05, 3.63) is 48.2 Å². The van der Waals surface area contributed by atoms with Crippen LogP contribution in [0.5, 0.6) is 11.5 Å². The van der Waals surface area contributed by atoms with E-state index in [9.17, 15) is 4.79 Å². The van der Waals surface area contributed by atoms with E-state index in [-0.39, 0.29) is 0 Å². The van der Waals surface area contributed by atoms with Gasteiger partial charge in [0.2, 0.25) is 0 Å². The van der Waals surface area contributed by atoms with Crippen molar-refractivity contribution in [1.82, 2.24) is 4.57 Å². The predicted octanol–water partition coefficient (Wildman–Crippen LogP) is 4.15. The summed E-state index contributed by atoms with van der Waals surface area (Å²) in [5.41, 5.74) is 2.70. The monoisotopic (exact) mass is 356 g/mol. The summed E-state index contributed by atoms with van der Waals surface area (Å²) in [6, 6.07) is 11.9. The zero-order chi connectivity index (χ0) is 18.0. The van der Waals surface area contributed by atoms with Crippen molar-refractivity contribution in [1.29, 1.82) is 0 Å². The second-order valence-corrected chi connectivity index (χ2v) is 6.85. The molecular weight excluding hydrogens is 336 g/mol. The maximum Gasteiger partial charge on any atom is 0.152 e. The minimum Gasteiger partial charge on any atom is -0.497 e. The number of hydrogen-bond acceptors (Lipinski definition) is 5. The first kappa shape index (κ1) is 17.2. The maximum atomic E-state index is 11.3. The Bertz CT molecular complexity index is 898. The quantitative estimate of drug-likeness (QED) is 0.490. The molecule has 0 aliphatic heterocycles. The van der Waals surface area contributed by atoms with Crippen molar-refractivity contribution < 1.29 is 14.3 Å². The van der Waals surface area contributed by atoms with Crippen molar-refractivity contribution >= 4 is 34.8 Å². The highest BCUT2D eigenvalue weighted by molar-refractivity contribution is 8.00. The average molecular weight is 356 g/mol. The fourth-order valence-corrected chi connectivity index (χ4v) is 3.56. The van der Waals surface area contributed by atoms with E-state index < -0.39 is 0 Å². The number of nitrogens with zero attached hydrogens (tertiary/aromatic N) is 2. The third-order valence-corrected chi connectivity index (χ3v) is 5.01. The third kappa shape index (κ3) is 3.44. The van der Waals surface area contributed by atoms with Crippen molar-refractivity contribution in [2.24, 2.45) is 7.05 Å². The van der Waals surface area contributed by atoms with Crippen LogP contribution in [0.2, 0.25) is 0 Å². The Labute approximate surface area is 151 Å². The highest BCUT2D eigenvalue weighted by Crippen LogP contribution is 2.34. The van der Waals surface area contributed by atoms with Crippen LogP contribution < -0.4 is 13.8 Å². The second-order valence-electron chi connectivity index (χ2n) is 5.65. The lowest BCUT2D eigenvalue weighted by atomic mass is 10.2. The van der Waals surface area contributed by atoms with E-state index in [1.54, 1.807) is 26.2 Å². The third-order valence-electron chi connectivity index (χ3n) is 4.06. The number of aldehydes is 1. The zero-order valence-corrected chi connectivity index (χ0v) is 15.5. The number of anilines is 1. The van der Waals surface area contributed by atoms with E-state index in [4.69, 9.17) is 9.47 Å². The lowest BCUT2D eigenvalue weighted by molar-refractivity contribution is 0.112. The molecule has 0 saturated carbocycles. The molecule has 25 heavy (non-hydrogen) atoms. The van der Waals surface area contributed by atoms with Crippen LogP contribution in [0.3, 0.4) is 0 Å². The van der Waals surface area contributed by atoms with E-state index in [0.717, 1.165) is 39.3 Å². The number of carbonyl (C=O) groups is 1. The van der Waals surface area contributed by atoms with Gasteiger partial charge in [-0.05, 0) is 30.1 Å². The molecule has 3 aromatic rings. The summed E-state index contributed by atoms with van der Waals surface area (Å²) >= 11 is 1.58. The fourth-order valence-electron chi connectivity index (χ4n) is 2.74. The van der Waals surface area contributed by atoms with E-state index in [0.29, 0.717) is 5.56 Å². The van der Waals surface area contributed by atoms with E-state index in [2.05, 4.69) is 6.07 Å². The van der Waals surface area contributed by atoms with Gasteiger partial charge < -0.3 is 18.3 Å². The van der Waals surface area contributed by atoms with Gasteiger partial charge >= 0.3 is 0 Å². The Morgan fingerprint density at radius 1 is 1.08 bits per heavy atom. The standard InChI is InChI=1S/C19H20N2O3S/c1-20-11-13(12-22)18-10-17(5-6-19(18)20)25-21(2)14-7-15(23-3)9-16(8-14)24-4/h5-12H,1-4H3. The number of rotatable bonds is 6. The SMILES string of the molecule is COc1cc(OC)cc(N(C)Sc2ccc3c(c2)c(C=O)cn3C)c1. The summed E-state index contributed by atoms with van der Waals surface area (Å²) in [5, 5.41) is 0.958. The number of fused-ring (bicyclic) bond motifs is 1. The number of ether oxygens (including phenoxy) is 2. The van der Waals surface area contributed by atoms with Crippen molar-refractivity contribution in [3.8, 4) is 11.5 Å². The summed E-state index contributed by atoms with van der Waals surface area (Å²) < 4.78 is 14.7. The molecule has 6 heteroatoms. The molecule has 2 aromatic carbocycles. The summed E-state index contributed by atoms with van der Waals surface area (Å²) in [6.45, 7) is 0. The Morgan fingerprint density at radius 3 is 2.36 bits per heavy atom. The van der Waals surface area contributed by atoms with Crippen LogP contribution in [-0.4, -0.2) is 32.1 Å². The van der Waals surface area contributed by atoms with E-state index in [1.807, 2.05) is 59.5 Å². The molecule has 0 aliphatic carbocycles. The number of carbonyl (C=O) groups excluding carboxylic acids is 1. The van der Waals surface area contributed by atoms with Crippen LogP contribution in [0.4, 0.5) is 5.69 Å². The smallest absolute Gasteiger partial charge is 0.152 e. The molecule has 0 amide bonds. The lowest BCUT2D eigenvalue weighted by Gasteiger charge is -2.19. The molecule has 0 bridgehead atoms. The van der Waals surface area contributed by atoms with E-state index >= 15 is 0 Å². The molecule has 0 fully saturated rings. The second kappa shape index (κ2) is 7.11. The summed E-state index contributed by atoms with van der Waals surface area (Å²) in [5.74, 6) is 1.48. The van der Waals surface area contributed by atoms with Gasteiger partial charge in [0, 0.05) is 59.9 Å². The molecule has 5 nitrogen and oxygen atoms in total. The molecule has 0 unspecified atom stereocenters. The molecule has 1 aromatic heterocycles. The molecule has 0 atom stereocenters. The van der Waals surface area contributed by atoms with Gasteiger partial charge in [-0.3, -0.25) is 4.79 Å². The van der Waals surface area contributed by atoms with Crippen LogP contribution in [0.15, 0.2) is 47.5 Å². The van der Waals surface area contributed by atoms with Crippen molar-refractivity contribution in [3.63, 3.8) is 0 Å². The fraction of sp³-hybridized carbons (Fsp3) is 0.211. The number of methoxy groups -OCH3 is 2. The topological polar surface area (TPSA) is 43.7 Å². The molecule has 0 N–H and O–H groups in total. The van der Waals surface area contributed by atoms with Crippen LogP contribution in [0, 0.1) is 0 Å². The van der Waals surface area contributed by atoms with Gasteiger partial charge in [0.1, 0.15) is 11.5 Å². The molecule has 0 radical (unpaired) electrons. The molecule has 0 spiro atoms. The van der Waals surface area contributed by atoms with Crippen LogP contribution in [-0.2, 0) is 7.05 Å². The number of aryl methyl sites for hydroxylation is 1. The first-order chi connectivity index (χ1) is 12.0. The molecule has 0 aliphatic rings. The van der Waals surface area contributed by atoms with Gasteiger partial charge in [0.05, 0.1) is 19.9 Å². The molecule has 0 saturated heterocycles. The number of benzene rings is 2. The van der Waals surface area contributed by atoms with Crippen LogP contribution in [0.25, 0.3) is 10.9 Å². The van der Waals surface area contributed by atoms with Gasteiger partial charge in [-0.25, -0.2) is 0 Å². The summed E-state index contributed by atoms with van der Waals surface area (Å²) in [6.07, 6.45) is 2.75. The van der Waals surface area contributed by atoms with Gasteiger partial charge in [0.15, 0.2) is 6.29 Å². The first-order valence-corrected chi connectivity index (χ1v) is 8.52. The minimum absolute atomic E-state index is 0.700. The average Bonchev–Trinajstić information content (AvgIpc) is 2.96. The van der Waals surface area contributed by atoms with Gasteiger partial charge in [-0.1, -0.05) is 0 Å². The molecule has 1 heterocycles.